The maximum Gasteiger partial charge on any atom is 0.274 e. The monoisotopic (exact) mass is 313 g/mol. The SMILES string of the molecule is COCCNC(=O)c1cccc(C(=O)Nc2ccc(C)cc2)n1. The van der Waals surface area contributed by atoms with E-state index in [0.29, 0.717) is 18.8 Å². The number of anilines is 1. The zero-order chi connectivity index (χ0) is 16.7. The van der Waals surface area contributed by atoms with Crippen LogP contribution in [0.3, 0.4) is 0 Å². The molecule has 6 nitrogen and oxygen atoms in total. The Balaban J connectivity index is 2.04. The number of aryl methyl sites for hydroxylation is 1. The smallest absolute Gasteiger partial charge is 0.274 e. The van der Waals surface area contributed by atoms with Gasteiger partial charge < -0.3 is 15.4 Å². The highest BCUT2D eigenvalue weighted by Crippen LogP contribution is 2.10. The molecule has 0 atom stereocenters. The molecule has 23 heavy (non-hydrogen) atoms. The van der Waals surface area contributed by atoms with Gasteiger partial charge in [0.2, 0.25) is 0 Å². The number of hydrogen-bond donors (Lipinski definition) is 2. The number of carbonyl (C=O) groups excluding carboxylic acids is 2. The Bertz CT molecular complexity index is 684. The lowest BCUT2D eigenvalue weighted by Gasteiger charge is -2.07. The Morgan fingerprint density at radius 1 is 1.04 bits per heavy atom. The van der Waals surface area contributed by atoms with E-state index in [9.17, 15) is 9.59 Å². The summed E-state index contributed by atoms with van der Waals surface area (Å²) in [5.41, 5.74) is 2.16. The normalized spacial score (nSPS) is 10.2. The van der Waals surface area contributed by atoms with Crippen molar-refractivity contribution in [2.45, 2.75) is 6.92 Å². The third-order valence-electron chi connectivity index (χ3n) is 3.12. The van der Waals surface area contributed by atoms with Crippen molar-refractivity contribution in [3.63, 3.8) is 0 Å². The summed E-state index contributed by atoms with van der Waals surface area (Å²) in [6.45, 7) is 2.77. The van der Waals surface area contributed by atoms with Crippen molar-refractivity contribution in [2.75, 3.05) is 25.6 Å². The van der Waals surface area contributed by atoms with Gasteiger partial charge >= 0.3 is 0 Å². The lowest BCUT2D eigenvalue weighted by molar-refractivity contribution is 0.0932. The van der Waals surface area contributed by atoms with Gasteiger partial charge in [0.05, 0.1) is 6.61 Å². The molecule has 1 aromatic carbocycles. The molecule has 0 saturated heterocycles. The van der Waals surface area contributed by atoms with Crippen molar-refractivity contribution in [3.05, 3.63) is 59.4 Å². The van der Waals surface area contributed by atoms with Gasteiger partial charge in [-0.25, -0.2) is 4.98 Å². The average Bonchev–Trinajstić information content (AvgIpc) is 2.57. The van der Waals surface area contributed by atoms with Crippen LogP contribution < -0.4 is 10.6 Å². The van der Waals surface area contributed by atoms with Crippen LogP contribution in [-0.2, 0) is 4.74 Å². The quantitative estimate of drug-likeness (QED) is 0.800. The first-order chi connectivity index (χ1) is 11.1. The zero-order valence-corrected chi connectivity index (χ0v) is 13.1. The molecule has 2 amide bonds. The van der Waals surface area contributed by atoms with Crippen LogP contribution in [0.2, 0.25) is 0 Å². The van der Waals surface area contributed by atoms with Gasteiger partial charge in [0.15, 0.2) is 0 Å². The van der Waals surface area contributed by atoms with Crippen LogP contribution in [0.25, 0.3) is 0 Å². The van der Waals surface area contributed by atoms with Crippen LogP contribution >= 0.6 is 0 Å². The van der Waals surface area contributed by atoms with Crippen LogP contribution in [0.4, 0.5) is 5.69 Å². The van der Waals surface area contributed by atoms with Gasteiger partial charge in [-0.15, -0.1) is 0 Å². The average molecular weight is 313 g/mol. The lowest BCUT2D eigenvalue weighted by atomic mass is 10.2. The largest absolute Gasteiger partial charge is 0.383 e. The number of carbonyl (C=O) groups is 2. The lowest BCUT2D eigenvalue weighted by Crippen LogP contribution is -2.28. The predicted molar refractivity (Wildman–Crippen MR) is 87.6 cm³/mol. The molecule has 120 valence electrons. The van der Waals surface area contributed by atoms with Crippen LogP contribution in [0.1, 0.15) is 26.5 Å². The second-order valence-corrected chi connectivity index (χ2v) is 4.98. The molecule has 0 radical (unpaired) electrons. The number of hydrogen-bond acceptors (Lipinski definition) is 4. The number of benzene rings is 1. The van der Waals surface area contributed by atoms with Gasteiger partial charge in [0.1, 0.15) is 11.4 Å². The first-order valence-electron chi connectivity index (χ1n) is 7.22. The second-order valence-electron chi connectivity index (χ2n) is 4.98. The molecule has 0 saturated carbocycles. The van der Waals surface area contributed by atoms with Gasteiger partial charge in [-0.2, -0.15) is 0 Å². The summed E-state index contributed by atoms with van der Waals surface area (Å²) in [7, 11) is 1.56. The van der Waals surface area contributed by atoms with Gasteiger partial charge in [-0.3, -0.25) is 9.59 Å². The molecule has 1 aromatic heterocycles. The van der Waals surface area contributed by atoms with Crippen LogP contribution in [0.5, 0.6) is 0 Å². The number of pyridine rings is 1. The third kappa shape index (κ3) is 4.89. The van der Waals surface area contributed by atoms with E-state index < -0.39 is 0 Å². The second kappa shape index (κ2) is 8.05. The molecule has 2 aromatic rings. The number of amides is 2. The van der Waals surface area contributed by atoms with E-state index in [2.05, 4.69) is 15.6 Å². The van der Waals surface area contributed by atoms with E-state index in [1.165, 1.54) is 0 Å². The van der Waals surface area contributed by atoms with Crippen molar-refractivity contribution in [1.29, 1.82) is 0 Å². The standard InChI is InChI=1S/C17H19N3O3/c1-12-6-8-13(9-7-12)19-17(22)15-5-3-4-14(20-15)16(21)18-10-11-23-2/h3-9H,10-11H2,1-2H3,(H,18,21)(H,19,22). The summed E-state index contributed by atoms with van der Waals surface area (Å²) in [5, 5.41) is 5.41. The molecule has 2 rings (SSSR count). The van der Waals surface area contributed by atoms with Gasteiger partial charge in [0.25, 0.3) is 11.8 Å². The summed E-state index contributed by atoms with van der Waals surface area (Å²) in [6.07, 6.45) is 0. The number of nitrogens with one attached hydrogen (secondary N) is 2. The number of methoxy groups -OCH3 is 1. The predicted octanol–water partition coefficient (Wildman–Crippen LogP) is 2.02. The van der Waals surface area contributed by atoms with E-state index in [-0.39, 0.29) is 23.2 Å². The number of aromatic nitrogens is 1. The maximum atomic E-state index is 12.2. The molecular weight excluding hydrogens is 294 g/mol. The van der Waals surface area contributed by atoms with E-state index in [1.54, 1.807) is 25.3 Å². The van der Waals surface area contributed by atoms with Crippen LogP contribution in [0, 0.1) is 6.92 Å². The summed E-state index contributed by atoms with van der Waals surface area (Å²) >= 11 is 0. The number of rotatable bonds is 6. The summed E-state index contributed by atoms with van der Waals surface area (Å²) < 4.78 is 4.87. The van der Waals surface area contributed by atoms with Gasteiger partial charge in [-0.05, 0) is 31.2 Å². The Morgan fingerprint density at radius 3 is 2.35 bits per heavy atom. The minimum atomic E-state index is -0.361. The summed E-state index contributed by atoms with van der Waals surface area (Å²) in [6, 6.07) is 12.2. The highest BCUT2D eigenvalue weighted by Gasteiger charge is 2.12. The first-order valence-corrected chi connectivity index (χ1v) is 7.22. The molecule has 0 aliphatic carbocycles. The Labute approximate surface area is 134 Å². The molecule has 6 heteroatoms. The fourth-order valence-corrected chi connectivity index (χ4v) is 1.88. The summed E-state index contributed by atoms with van der Waals surface area (Å²) in [5.74, 6) is -0.701. The van der Waals surface area contributed by atoms with Crippen molar-refractivity contribution < 1.29 is 14.3 Å². The molecule has 2 N–H and O–H groups in total. The molecular formula is C17H19N3O3. The minimum absolute atomic E-state index is 0.185. The fourth-order valence-electron chi connectivity index (χ4n) is 1.88. The molecule has 0 unspecified atom stereocenters. The zero-order valence-electron chi connectivity index (χ0n) is 13.1. The van der Waals surface area contributed by atoms with E-state index in [0.717, 1.165) is 5.56 Å². The highest BCUT2D eigenvalue weighted by molar-refractivity contribution is 6.03. The Hall–Kier alpha value is -2.73. The third-order valence-corrected chi connectivity index (χ3v) is 3.12. The molecule has 1 heterocycles. The number of ether oxygens (including phenoxy) is 1. The van der Waals surface area contributed by atoms with Crippen molar-refractivity contribution in [1.82, 2.24) is 10.3 Å². The molecule has 0 spiro atoms. The Morgan fingerprint density at radius 2 is 1.70 bits per heavy atom. The Kier molecular flexibility index (Phi) is 5.82. The highest BCUT2D eigenvalue weighted by atomic mass is 16.5. The van der Waals surface area contributed by atoms with Crippen molar-refractivity contribution in [3.8, 4) is 0 Å². The maximum absolute atomic E-state index is 12.2. The van der Waals surface area contributed by atoms with Gasteiger partial charge in [0, 0.05) is 19.3 Å². The van der Waals surface area contributed by atoms with E-state index >= 15 is 0 Å². The molecule has 0 aliphatic heterocycles. The van der Waals surface area contributed by atoms with Crippen molar-refractivity contribution in [2.24, 2.45) is 0 Å². The summed E-state index contributed by atoms with van der Waals surface area (Å²) in [4.78, 5) is 28.2. The molecule has 0 aliphatic rings. The van der Waals surface area contributed by atoms with Crippen molar-refractivity contribution >= 4 is 17.5 Å². The first kappa shape index (κ1) is 16.6. The molecule has 0 bridgehead atoms. The fraction of sp³-hybridized carbons (Fsp3) is 0.235. The minimum Gasteiger partial charge on any atom is -0.383 e. The topological polar surface area (TPSA) is 80.3 Å². The van der Waals surface area contributed by atoms with Crippen LogP contribution in [-0.4, -0.2) is 37.1 Å². The van der Waals surface area contributed by atoms with Gasteiger partial charge in [-0.1, -0.05) is 23.8 Å². The van der Waals surface area contributed by atoms with E-state index in [4.69, 9.17) is 4.74 Å². The number of nitrogens with zero attached hydrogens (tertiary/aromatic N) is 1. The molecule has 0 fully saturated rings. The van der Waals surface area contributed by atoms with Crippen LogP contribution in [0.15, 0.2) is 42.5 Å². The van der Waals surface area contributed by atoms with E-state index in [1.807, 2.05) is 31.2 Å².